The van der Waals surface area contributed by atoms with E-state index in [1.165, 1.54) is 12.3 Å². The molecule has 0 radical (unpaired) electrons. The highest BCUT2D eigenvalue weighted by atomic mass is 35.5. The molecule has 0 aliphatic carbocycles. The lowest BCUT2D eigenvalue weighted by Crippen LogP contribution is -2.50. The second-order valence-electron chi connectivity index (χ2n) is 9.10. The van der Waals surface area contributed by atoms with Crippen molar-refractivity contribution >= 4 is 41.2 Å². The van der Waals surface area contributed by atoms with Gasteiger partial charge in [0.05, 0.1) is 17.8 Å². The fourth-order valence-corrected chi connectivity index (χ4v) is 3.81. The summed E-state index contributed by atoms with van der Waals surface area (Å²) in [6.07, 6.45) is 0.869. The molecular weight excluding hydrogens is 525 g/mol. The third kappa shape index (κ3) is 9.39. The summed E-state index contributed by atoms with van der Waals surface area (Å²) in [5, 5.41) is 7.58. The molecule has 2 amide bonds. The van der Waals surface area contributed by atoms with Gasteiger partial charge in [-0.2, -0.15) is 5.10 Å². The summed E-state index contributed by atoms with van der Waals surface area (Å²) in [6, 6.07) is 20.6. The Labute approximate surface area is 233 Å². The first-order chi connectivity index (χ1) is 18.2. The summed E-state index contributed by atoms with van der Waals surface area (Å²) in [7, 11) is 0. The molecule has 38 heavy (non-hydrogen) atoms. The molecule has 2 atom stereocenters. The van der Waals surface area contributed by atoms with E-state index in [1.807, 2.05) is 54.6 Å². The van der Waals surface area contributed by atoms with Gasteiger partial charge in [-0.1, -0.05) is 79.5 Å². The van der Waals surface area contributed by atoms with Gasteiger partial charge in [-0.3, -0.25) is 9.59 Å². The predicted molar refractivity (Wildman–Crippen MR) is 151 cm³/mol. The van der Waals surface area contributed by atoms with Crippen molar-refractivity contribution in [2.75, 3.05) is 6.61 Å². The highest BCUT2D eigenvalue weighted by Gasteiger charge is 2.25. The Morgan fingerprint density at radius 2 is 1.71 bits per heavy atom. The van der Waals surface area contributed by atoms with Gasteiger partial charge in [-0.05, 0) is 54.3 Å². The van der Waals surface area contributed by atoms with Gasteiger partial charge in [0.25, 0.3) is 11.8 Å². The number of nitrogens with zero attached hydrogens (tertiary/aromatic N) is 1. The molecule has 0 saturated carbocycles. The Bertz CT molecular complexity index is 1250. The number of amides is 2. The zero-order valence-electron chi connectivity index (χ0n) is 21.5. The Morgan fingerprint density at radius 3 is 2.42 bits per heavy atom. The molecule has 0 spiro atoms. The molecule has 0 saturated heterocycles. The molecule has 7 nitrogen and oxygen atoms in total. The van der Waals surface area contributed by atoms with Gasteiger partial charge in [-0.25, -0.2) is 5.43 Å². The van der Waals surface area contributed by atoms with Crippen molar-refractivity contribution in [2.45, 2.75) is 39.3 Å². The lowest BCUT2D eigenvalue weighted by Gasteiger charge is -2.21. The minimum atomic E-state index is -0.920. The van der Waals surface area contributed by atoms with Crippen molar-refractivity contribution < 1.29 is 19.1 Å². The van der Waals surface area contributed by atoms with Crippen molar-refractivity contribution in [3.63, 3.8) is 0 Å². The topological polar surface area (TPSA) is 89.0 Å². The minimum Gasteiger partial charge on any atom is -0.493 e. The molecule has 2 N–H and O–H groups in total. The van der Waals surface area contributed by atoms with Gasteiger partial charge in [-0.15, -0.1) is 0 Å². The maximum Gasteiger partial charge on any atom is 0.262 e. The van der Waals surface area contributed by atoms with E-state index in [-0.39, 0.29) is 11.4 Å². The Hall–Kier alpha value is -3.55. The first-order valence-corrected chi connectivity index (χ1v) is 13.0. The lowest BCUT2D eigenvalue weighted by atomic mass is 10.1. The van der Waals surface area contributed by atoms with Crippen molar-refractivity contribution in [1.29, 1.82) is 0 Å². The van der Waals surface area contributed by atoms with Crippen molar-refractivity contribution in [2.24, 2.45) is 11.0 Å². The van der Waals surface area contributed by atoms with E-state index in [4.69, 9.17) is 32.7 Å². The van der Waals surface area contributed by atoms with E-state index in [1.54, 1.807) is 19.1 Å². The number of hydrazone groups is 1. The third-order valence-corrected chi connectivity index (χ3v) is 5.84. The summed E-state index contributed by atoms with van der Waals surface area (Å²) < 4.78 is 11.4. The Balaban J connectivity index is 1.66. The van der Waals surface area contributed by atoms with Crippen LogP contribution < -0.4 is 20.2 Å². The van der Waals surface area contributed by atoms with Crippen molar-refractivity contribution in [3.8, 4) is 11.5 Å². The second kappa shape index (κ2) is 14.4. The van der Waals surface area contributed by atoms with Crippen LogP contribution in [0.15, 0.2) is 77.9 Å². The molecule has 9 heteroatoms. The third-order valence-electron chi connectivity index (χ3n) is 5.31. The number of carbonyl (C=O) groups is 2. The van der Waals surface area contributed by atoms with Crippen LogP contribution in [0.2, 0.25) is 10.0 Å². The molecule has 200 valence electrons. The van der Waals surface area contributed by atoms with Crippen LogP contribution in [0.25, 0.3) is 0 Å². The lowest BCUT2D eigenvalue weighted by molar-refractivity contribution is -0.132. The standard InChI is InChI=1S/C29H31Cl2N3O4/c1-19(2)18-37-24-11-7-10-22(14-24)17-32-34-29(36)26(15-21-8-5-4-6-9-21)33-28(35)20(3)38-27-13-12-23(30)16-25(27)31/h4-14,16-17,19-20,26H,15,18H2,1-3H3,(H,33,35)(H,34,36)/b32-17-/t20-,26-/m0/s1. The molecule has 0 aromatic heterocycles. The van der Waals surface area contributed by atoms with Crippen LogP contribution in [0, 0.1) is 5.92 Å². The zero-order chi connectivity index (χ0) is 27.5. The molecule has 0 bridgehead atoms. The SMILES string of the molecule is CC(C)COc1cccc(/C=N\NC(=O)[C@H](Cc2ccccc2)NC(=O)[C@H](C)Oc2ccc(Cl)cc2Cl)c1. The number of rotatable bonds is 12. The van der Waals surface area contributed by atoms with Crippen LogP contribution in [0.3, 0.4) is 0 Å². The summed E-state index contributed by atoms with van der Waals surface area (Å²) in [4.78, 5) is 26.0. The van der Waals surface area contributed by atoms with Gasteiger partial charge < -0.3 is 14.8 Å². The maximum absolute atomic E-state index is 13.0. The number of carbonyl (C=O) groups excluding carboxylic acids is 2. The fourth-order valence-electron chi connectivity index (χ4n) is 3.36. The van der Waals surface area contributed by atoms with E-state index < -0.39 is 24.0 Å². The molecule has 0 fully saturated rings. The number of benzene rings is 3. The summed E-state index contributed by atoms with van der Waals surface area (Å²) in [5.74, 6) is 0.484. The van der Waals surface area contributed by atoms with Crippen LogP contribution in [0.5, 0.6) is 11.5 Å². The first kappa shape index (κ1) is 29.0. The number of hydrogen-bond donors (Lipinski definition) is 2. The average molecular weight is 556 g/mol. The zero-order valence-corrected chi connectivity index (χ0v) is 23.0. The Kier molecular flexibility index (Phi) is 11.0. The molecule has 0 heterocycles. The van der Waals surface area contributed by atoms with Crippen LogP contribution in [-0.4, -0.2) is 36.8 Å². The smallest absolute Gasteiger partial charge is 0.262 e. The maximum atomic E-state index is 13.0. The van der Waals surface area contributed by atoms with Crippen molar-refractivity contribution in [1.82, 2.24) is 10.7 Å². The number of nitrogens with one attached hydrogen (secondary N) is 2. The van der Waals surface area contributed by atoms with Crippen LogP contribution in [0.4, 0.5) is 0 Å². The van der Waals surface area contributed by atoms with Gasteiger partial charge in [0.2, 0.25) is 0 Å². The second-order valence-corrected chi connectivity index (χ2v) is 9.94. The average Bonchev–Trinajstić information content (AvgIpc) is 2.89. The molecule has 3 aromatic carbocycles. The Morgan fingerprint density at radius 1 is 0.947 bits per heavy atom. The van der Waals surface area contributed by atoms with E-state index >= 15 is 0 Å². The first-order valence-electron chi connectivity index (χ1n) is 12.2. The van der Waals surface area contributed by atoms with Crippen LogP contribution >= 0.6 is 23.2 Å². The summed E-state index contributed by atoms with van der Waals surface area (Å²) in [5.41, 5.74) is 4.17. The van der Waals surface area contributed by atoms with Crippen molar-refractivity contribution in [3.05, 3.63) is 94.0 Å². The minimum absolute atomic E-state index is 0.265. The quantitative estimate of drug-likeness (QED) is 0.222. The largest absolute Gasteiger partial charge is 0.493 e. The van der Waals surface area contributed by atoms with E-state index in [2.05, 4.69) is 29.7 Å². The molecule has 3 rings (SSSR count). The van der Waals surface area contributed by atoms with E-state index in [0.717, 1.165) is 16.9 Å². The summed E-state index contributed by atoms with van der Waals surface area (Å²) >= 11 is 12.1. The number of hydrogen-bond acceptors (Lipinski definition) is 5. The number of halogens is 2. The molecule has 0 unspecified atom stereocenters. The summed E-state index contributed by atoms with van der Waals surface area (Å²) in [6.45, 7) is 6.32. The normalized spacial score (nSPS) is 12.7. The number of ether oxygens (including phenoxy) is 2. The van der Waals surface area contributed by atoms with Gasteiger partial charge in [0.15, 0.2) is 6.10 Å². The van der Waals surface area contributed by atoms with Gasteiger partial charge in [0.1, 0.15) is 17.5 Å². The predicted octanol–water partition coefficient (Wildman–Crippen LogP) is 5.67. The van der Waals surface area contributed by atoms with E-state index in [0.29, 0.717) is 23.3 Å². The molecule has 0 aliphatic rings. The highest BCUT2D eigenvalue weighted by Crippen LogP contribution is 2.28. The van der Waals surface area contributed by atoms with Crippen LogP contribution in [0.1, 0.15) is 31.9 Å². The van der Waals surface area contributed by atoms with Crippen LogP contribution in [-0.2, 0) is 16.0 Å². The molecule has 3 aromatic rings. The molecular formula is C29H31Cl2N3O4. The monoisotopic (exact) mass is 555 g/mol. The molecule has 0 aliphatic heterocycles. The highest BCUT2D eigenvalue weighted by molar-refractivity contribution is 6.35. The van der Waals surface area contributed by atoms with Gasteiger partial charge >= 0.3 is 0 Å². The van der Waals surface area contributed by atoms with Gasteiger partial charge in [0, 0.05) is 11.4 Å². The fraction of sp³-hybridized carbons (Fsp3) is 0.276. The van der Waals surface area contributed by atoms with E-state index in [9.17, 15) is 9.59 Å².